The molecule has 9 nitrogen and oxygen atoms in total. The molecule has 4 rings (SSSR count). The van der Waals surface area contributed by atoms with E-state index in [0.717, 1.165) is 24.3 Å². The highest BCUT2D eigenvalue weighted by atomic mass is 35.5. The van der Waals surface area contributed by atoms with Gasteiger partial charge in [0.15, 0.2) is 5.82 Å². The lowest BCUT2D eigenvalue weighted by Gasteiger charge is -2.30. The van der Waals surface area contributed by atoms with Crippen LogP contribution in [0.2, 0.25) is 5.02 Å². The van der Waals surface area contributed by atoms with Crippen LogP contribution < -0.4 is 10.2 Å². The standard InChI is InChI=1S/C27H35ClN6O3/c1-27(2,3)37-26(35)34(14-13-20-7-5-4-6-8-20)19-23(29-22-11-9-21(28)10-12-22)24-30-25(32-31-24)33-15-17-36-18-16-33/h4-12,23,29H,13-19H2,1-3H3,(H,30,31,32). The summed E-state index contributed by atoms with van der Waals surface area (Å²) >= 11 is 6.10. The summed E-state index contributed by atoms with van der Waals surface area (Å²) < 4.78 is 11.2. The van der Waals surface area contributed by atoms with Crippen molar-refractivity contribution in [3.05, 3.63) is 71.0 Å². The van der Waals surface area contributed by atoms with Gasteiger partial charge in [-0.1, -0.05) is 41.9 Å². The number of halogens is 1. The number of rotatable bonds is 9. The van der Waals surface area contributed by atoms with E-state index in [1.807, 2.05) is 63.2 Å². The normalized spacial score (nSPS) is 14.8. The largest absolute Gasteiger partial charge is 0.444 e. The minimum absolute atomic E-state index is 0.322. The number of aromatic nitrogens is 3. The molecule has 2 aromatic carbocycles. The Balaban J connectivity index is 1.58. The van der Waals surface area contributed by atoms with Crippen molar-refractivity contribution in [2.45, 2.75) is 38.8 Å². The van der Waals surface area contributed by atoms with Crippen LogP contribution in [0.5, 0.6) is 0 Å². The molecule has 0 radical (unpaired) electrons. The zero-order valence-electron chi connectivity index (χ0n) is 21.6. The number of carbonyl (C=O) groups is 1. The summed E-state index contributed by atoms with van der Waals surface area (Å²) in [6.07, 6.45) is 0.322. The Hall–Kier alpha value is -3.30. The minimum atomic E-state index is -0.614. The first-order valence-corrected chi connectivity index (χ1v) is 12.9. The Morgan fingerprint density at radius 3 is 2.54 bits per heavy atom. The van der Waals surface area contributed by atoms with Gasteiger partial charge in [-0.05, 0) is 57.0 Å². The zero-order valence-corrected chi connectivity index (χ0v) is 22.4. The summed E-state index contributed by atoms with van der Waals surface area (Å²) in [6, 6.07) is 17.2. The predicted octanol–water partition coefficient (Wildman–Crippen LogP) is 4.93. The molecule has 1 unspecified atom stereocenters. The number of benzene rings is 2. The number of H-pyrrole nitrogens is 1. The number of nitrogens with zero attached hydrogens (tertiary/aromatic N) is 4. The molecule has 1 aliphatic heterocycles. The second-order valence-corrected chi connectivity index (χ2v) is 10.4. The molecule has 0 spiro atoms. The minimum Gasteiger partial charge on any atom is -0.444 e. The van der Waals surface area contributed by atoms with Crippen molar-refractivity contribution in [2.24, 2.45) is 0 Å². The van der Waals surface area contributed by atoms with Crippen molar-refractivity contribution in [3.63, 3.8) is 0 Å². The average Bonchev–Trinajstić information content (AvgIpc) is 3.37. The monoisotopic (exact) mass is 526 g/mol. The van der Waals surface area contributed by atoms with E-state index in [4.69, 9.17) is 26.1 Å². The van der Waals surface area contributed by atoms with E-state index < -0.39 is 5.60 Å². The second-order valence-electron chi connectivity index (χ2n) is 9.99. The van der Waals surface area contributed by atoms with E-state index in [1.165, 1.54) is 0 Å². The van der Waals surface area contributed by atoms with Crippen molar-refractivity contribution in [1.29, 1.82) is 0 Å². The maximum absolute atomic E-state index is 13.3. The van der Waals surface area contributed by atoms with Gasteiger partial charge >= 0.3 is 6.09 Å². The summed E-state index contributed by atoms with van der Waals surface area (Å²) in [5.41, 5.74) is 1.38. The molecule has 1 amide bonds. The first-order chi connectivity index (χ1) is 17.8. The third kappa shape index (κ3) is 8.10. The molecule has 0 aliphatic carbocycles. The Bertz CT molecular complexity index is 1130. The van der Waals surface area contributed by atoms with Crippen LogP contribution >= 0.6 is 11.6 Å². The van der Waals surface area contributed by atoms with E-state index in [9.17, 15) is 4.79 Å². The molecule has 10 heteroatoms. The summed E-state index contributed by atoms with van der Waals surface area (Å²) in [5.74, 6) is 1.25. The molecule has 37 heavy (non-hydrogen) atoms. The maximum atomic E-state index is 13.3. The molecule has 1 aromatic heterocycles. The summed E-state index contributed by atoms with van der Waals surface area (Å²) in [6.45, 7) is 9.16. The van der Waals surface area contributed by atoms with Gasteiger partial charge in [0.2, 0.25) is 5.95 Å². The smallest absolute Gasteiger partial charge is 0.410 e. The van der Waals surface area contributed by atoms with Crippen LogP contribution in [0.25, 0.3) is 0 Å². The zero-order chi connectivity index (χ0) is 26.3. The predicted molar refractivity (Wildman–Crippen MR) is 145 cm³/mol. The lowest BCUT2D eigenvalue weighted by atomic mass is 10.1. The van der Waals surface area contributed by atoms with Crippen molar-refractivity contribution < 1.29 is 14.3 Å². The van der Waals surface area contributed by atoms with E-state index >= 15 is 0 Å². The molecule has 1 atom stereocenters. The topological polar surface area (TPSA) is 95.6 Å². The molecule has 2 heterocycles. The Kier molecular flexibility index (Phi) is 8.89. The van der Waals surface area contributed by atoms with E-state index in [2.05, 4.69) is 32.5 Å². The van der Waals surface area contributed by atoms with Gasteiger partial charge in [0.05, 0.1) is 19.8 Å². The highest BCUT2D eigenvalue weighted by molar-refractivity contribution is 6.30. The summed E-state index contributed by atoms with van der Waals surface area (Å²) in [7, 11) is 0. The van der Waals surface area contributed by atoms with E-state index in [-0.39, 0.29) is 12.1 Å². The fourth-order valence-electron chi connectivity index (χ4n) is 3.99. The van der Waals surface area contributed by atoms with Crippen molar-refractivity contribution in [2.75, 3.05) is 49.6 Å². The van der Waals surface area contributed by atoms with Crippen molar-refractivity contribution >= 4 is 29.3 Å². The highest BCUT2D eigenvalue weighted by Gasteiger charge is 2.28. The lowest BCUT2D eigenvalue weighted by Crippen LogP contribution is -2.41. The molecule has 1 fully saturated rings. The van der Waals surface area contributed by atoms with Gasteiger partial charge in [-0.2, -0.15) is 4.98 Å². The maximum Gasteiger partial charge on any atom is 0.410 e. The summed E-state index contributed by atoms with van der Waals surface area (Å²) in [5, 5.41) is 11.7. The number of ether oxygens (including phenoxy) is 2. The quantitative estimate of drug-likeness (QED) is 0.408. The van der Waals surface area contributed by atoms with Gasteiger partial charge in [-0.25, -0.2) is 4.79 Å². The number of morpholine rings is 1. The number of hydrogen-bond acceptors (Lipinski definition) is 7. The molecular formula is C27H35ClN6O3. The fraction of sp³-hybridized carbons (Fsp3) is 0.444. The highest BCUT2D eigenvalue weighted by Crippen LogP contribution is 2.23. The Labute approximate surface area is 223 Å². The first-order valence-electron chi connectivity index (χ1n) is 12.6. The van der Waals surface area contributed by atoms with Crippen LogP contribution in [0.15, 0.2) is 54.6 Å². The molecule has 1 saturated heterocycles. The van der Waals surface area contributed by atoms with Gasteiger partial charge in [-0.15, -0.1) is 5.10 Å². The lowest BCUT2D eigenvalue weighted by molar-refractivity contribution is 0.0243. The Morgan fingerprint density at radius 2 is 1.86 bits per heavy atom. The number of amides is 1. The second kappa shape index (κ2) is 12.3. The molecule has 0 bridgehead atoms. The molecular weight excluding hydrogens is 492 g/mol. The van der Waals surface area contributed by atoms with Gasteiger partial charge in [-0.3, -0.25) is 5.10 Å². The number of anilines is 2. The van der Waals surface area contributed by atoms with Crippen LogP contribution in [0, 0.1) is 0 Å². The van der Waals surface area contributed by atoms with Crippen LogP contribution in [-0.2, 0) is 15.9 Å². The third-order valence-electron chi connectivity index (χ3n) is 5.87. The van der Waals surface area contributed by atoms with Crippen LogP contribution in [0.4, 0.5) is 16.4 Å². The van der Waals surface area contributed by atoms with Crippen LogP contribution in [0.3, 0.4) is 0 Å². The first kappa shape index (κ1) is 26.8. The van der Waals surface area contributed by atoms with Crippen molar-refractivity contribution in [3.8, 4) is 0 Å². The summed E-state index contributed by atoms with van der Waals surface area (Å²) in [4.78, 5) is 21.9. The van der Waals surface area contributed by atoms with E-state index in [1.54, 1.807) is 4.90 Å². The number of aromatic amines is 1. The molecule has 0 saturated carbocycles. The fourth-order valence-corrected chi connectivity index (χ4v) is 4.11. The molecule has 3 aromatic rings. The van der Waals surface area contributed by atoms with Crippen molar-refractivity contribution in [1.82, 2.24) is 20.1 Å². The Morgan fingerprint density at radius 1 is 1.16 bits per heavy atom. The third-order valence-corrected chi connectivity index (χ3v) is 6.12. The van der Waals surface area contributed by atoms with Gasteiger partial charge in [0.25, 0.3) is 0 Å². The number of nitrogens with one attached hydrogen (secondary N) is 2. The van der Waals surface area contributed by atoms with Gasteiger partial charge < -0.3 is 24.6 Å². The van der Waals surface area contributed by atoms with Gasteiger partial charge in [0, 0.05) is 30.3 Å². The van der Waals surface area contributed by atoms with Gasteiger partial charge in [0.1, 0.15) is 11.6 Å². The molecule has 1 aliphatic rings. The average molecular weight is 527 g/mol. The number of hydrogen-bond donors (Lipinski definition) is 2. The SMILES string of the molecule is CC(C)(C)OC(=O)N(CCc1ccccc1)CC(Nc1ccc(Cl)cc1)c1nc(N2CCOCC2)n[nH]1. The number of carbonyl (C=O) groups excluding carboxylic acids is 1. The molecule has 2 N–H and O–H groups in total. The van der Waals surface area contributed by atoms with E-state index in [0.29, 0.717) is 49.5 Å². The molecule has 198 valence electrons. The van der Waals surface area contributed by atoms with Crippen LogP contribution in [0.1, 0.15) is 38.2 Å². The van der Waals surface area contributed by atoms with Crippen LogP contribution in [-0.4, -0.2) is 71.2 Å².